The van der Waals surface area contributed by atoms with Crippen LogP contribution in [0.25, 0.3) is 0 Å². The highest BCUT2D eigenvalue weighted by Crippen LogP contribution is 2.47. The largest absolute Gasteiger partial charge is 0.507 e. The lowest BCUT2D eigenvalue weighted by Gasteiger charge is -2.33. The SMILES string of the molecule is CCCCC(C)(C)c1cc(Cn2c(=O)n(Cc3cc(C(C)(C)CCCC)c(O)c(C(C)(C)CCCC)c3)c(=O)n(Cc3cc(C(C)(C)CCCC)c(O)c(C(C)(C)CCCC)c3)c2=O)cc(C(C)(C)CCCC)c1O. The molecule has 0 bridgehead atoms. The van der Waals surface area contributed by atoms with Gasteiger partial charge in [0.25, 0.3) is 0 Å². The Hall–Kier alpha value is -4.53. The van der Waals surface area contributed by atoms with Crippen molar-refractivity contribution < 1.29 is 15.3 Å². The summed E-state index contributed by atoms with van der Waals surface area (Å²) in [4.78, 5) is 46.3. The second-order valence-corrected chi connectivity index (χ2v) is 26.6. The summed E-state index contributed by atoms with van der Waals surface area (Å²) in [5.74, 6) is 0.794. The number of phenols is 3. The molecule has 3 aromatic carbocycles. The smallest absolute Gasteiger partial charge is 0.336 e. The minimum atomic E-state index is -0.715. The Morgan fingerprint density at radius 3 is 0.587 bits per heavy atom. The Bertz CT molecular complexity index is 2280. The van der Waals surface area contributed by atoms with Gasteiger partial charge in [0, 0.05) is 33.4 Å². The van der Waals surface area contributed by atoms with Crippen LogP contribution in [0, 0.1) is 0 Å². The van der Waals surface area contributed by atoms with Crippen molar-refractivity contribution in [3.8, 4) is 17.2 Å². The molecule has 0 radical (unpaired) electrons. The van der Waals surface area contributed by atoms with Gasteiger partial charge < -0.3 is 15.3 Å². The predicted molar refractivity (Wildman–Crippen MR) is 316 cm³/mol. The second kappa shape index (κ2) is 25.7. The van der Waals surface area contributed by atoms with Gasteiger partial charge in [-0.3, -0.25) is 0 Å². The minimum Gasteiger partial charge on any atom is -0.507 e. The third-order valence-electron chi connectivity index (χ3n) is 17.2. The molecule has 0 fully saturated rings. The molecular formula is C66H105N3O6. The zero-order valence-corrected chi connectivity index (χ0v) is 50.7. The summed E-state index contributed by atoms with van der Waals surface area (Å²) in [6.45, 7) is 38.5. The minimum absolute atomic E-state index is 0.119. The van der Waals surface area contributed by atoms with Gasteiger partial charge in [0.05, 0.1) is 19.6 Å². The molecule has 1 heterocycles. The monoisotopic (exact) mass is 1040 g/mol. The molecule has 420 valence electrons. The normalized spacial score (nSPS) is 13.0. The van der Waals surface area contributed by atoms with E-state index < -0.39 is 49.6 Å². The molecule has 4 rings (SSSR count). The van der Waals surface area contributed by atoms with E-state index in [0.717, 1.165) is 149 Å². The van der Waals surface area contributed by atoms with E-state index in [1.54, 1.807) is 0 Å². The van der Waals surface area contributed by atoms with Crippen LogP contribution in [-0.2, 0) is 52.1 Å². The number of rotatable bonds is 30. The maximum atomic E-state index is 15.4. The van der Waals surface area contributed by atoms with Crippen molar-refractivity contribution in [2.24, 2.45) is 0 Å². The quantitative estimate of drug-likeness (QED) is 0.0477. The van der Waals surface area contributed by atoms with Crippen molar-refractivity contribution in [1.82, 2.24) is 13.7 Å². The summed E-state index contributed by atoms with van der Waals surface area (Å²) in [5, 5.41) is 36.7. The van der Waals surface area contributed by atoms with Crippen LogP contribution in [0.3, 0.4) is 0 Å². The highest BCUT2D eigenvalue weighted by molar-refractivity contribution is 5.53. The van der Waals surface area contributed by atoms with Gasteiger partial charge in [0.15, 0.2) is 0 Å². The van der Waals surface area contributed by atoms with E-state index >= 15 is 14.4 Å². The molecule has 0 amide bonds. The number of unbranched alkanes of at least 4 members (excludes halogenated alkanes) is 6. The standard InChI is InChI=1S/C66H105N3O6/c1-19-25-31-61(7,8)49-37-46(38-50(55(49)70)62(9,10)32-26-20-2)43-67-58(73)68(44-47-39-51(63(11,12)33-27-21-3)56(71)52(40-47)64(13,14)34-28-22-4)60(75)69(59(67)74)45-48-41-53(65(15,16)35-29-23-5)57(72)54(42-48)66(17,18)36-30-24-6/h37-42,70-72H,19-36,43-45H2,1-18H3. The average Bonchev–Trinajstić information content (AvgIpc) is 3.34. The summed E-state index contributed by atoms with van der Waals surface area (Å²) in [6, 6.07) is 11.8. The first-order chi connectivity index (χ1) is 34.9. The fraction of sp³-hybridized carbons (Fsp3) is 0.682. The van der Waals surface area contributed by atoms with Crippen molar-refractivity contribution in [3.05, 3.63) is 118 Å². The maximum absolute atomic E-state index is 15.4. The van der Waals surface area contributed by atoms with Gasteiger partial charge in [-0.2, -0.15) is 0 Å². The third-order valence-corrected chi connectivity index (χ3v) is 17.2. The number of phenolic OH excluding ortho intramolecular Hbond substituents is 3. The Morgan fingerprint density at radius 1 is 0.307 bits per heavy atom. The lowest BCUT2D eigenvalue weighted by molar-refractivity contribution is 0.381. The van der Waals surface area contributed by atoms with Crippen molar-refractivity contribution in [1.29, 1.82) is 0 Å². The number of hydrogen-bond acceptors (Lipinski definition) is 6. The van der Waals surface area contributed by atoms with Crippen LogP contribution in [-0.4, -0.2) is 29.0 Å². The summed E-state index contributed by atoms with van der Waals surface area (Å²) < 4.78 is 3.66. The number of hydrogen-bond donors (Lipinski definition) is 3. The van der Waals surface area contributed by atoms with E-state index in [0.29, 0.717) is 16.7 Å². The van der Waals surface area contributed by atoms with Gasteiger partial charge in [-0.15, -0.1) is 0 Å². The lowest BCUT2D eigenvalue weighted by Crippen LogP contribution is -2.55. The molecule has 0 aliphatic rings. The van der Waals surface area contributed by atoms with E-state index in [2.05, 4.69) is 125 Å². The summed E-state index contributed by atoms with van der Waals surface area (Å²) >= 11 is 0. The second-order valence-electron chi connectivity index (χ2n) is 26.6. The zero-order chi connectivity index (χ0) is 56.5. The van der Waals surface area contributed by atoms with Gasteiger partial charge in [-0.1, -0.05) is 202 Å². The molecule has 4 aromatic rings. The molecule has 0 atom stereocenters. The Morgan fingerprint density at radius 2 is 0.453 bits per heavy atom. The predicted octanol–water partition coefficient (Wildman–Crippen LogP) is 16.2. The molecule has 9 nitrogen and oxygen atoms in total. The van der Waals surface area contributed by atoms with Gasteiger partial charge in [-0.25, -0.2) is 28.1 Å². The van der Waals surface area contributed by atoms with Crippen LogP contribution in [0.4, 0.5) is 0 Å². The molecular weight excluding hydrogens is 931 g/mol. The summed E-state index contributed by atoms with van der Waals surface area (Å²) in [5.41, 5.74) is 2.22. The van der Waals surface area contributed by atoms with Crippen molar-refractivity contribution in [2.75, 3.05) is 0 Å². The van der Waals surface area contributed by atoms with Crippen LogP contribution in [0.2, 0.25) is 0 Å². The number of aromatic hydroxyl groups is 3. The molecule has 0 saturated heterocycles. The molecule has 0 aliphatic heterocycles. The van der Waals surface area contributed by atoms with E-state index in [9.17, 15) is 15.3 Å². The third kappa shape index (κ3) is 14.9. The molecule has 1 aromatic heterocycles. The van der Waals surface area contributed by atoms with Gasteiger partial charge in [0.2, 0.25) is 0 Å². The fourth-order valence-electron chi connectivity index (χ4n) is 11.6. The number of aromatic nitrogens is 3. The van der Waals surface area contributed by atoms with Crippen LogP contribution in [0.1, 0.15) is 290 Å². The molecule has 0 unspecified atom stereocenters. The van der Waals surface area contributed by atoms with Crippen molar-refractivity contribution in [3.63, 3.8) is 0 Å². The maximum Gasteiger partial charge on any atom is 0.336 e. The number of benzene rings is 3. The Balaban J connectivity index is 2.20. The van der Waals surface area contributed by atoms with Crippen molar-refractivity contribution in [2.45, 2.75) is 292 Å². The van der Waals surface area contributed by atoms with Crippen LogP contribution < -0.4 is 17.1 Å². The van der Waals surface area contributed by atoms with Crippen LogP contribution in [0.5, 0.6) is 17.2 Å². The van der Waals surface area contributed by atoms with Crippen molar-refractivity contribution >= 4 is 0 Å². The molecule has 0 saturated carbocycles. The first-order valence-corrected chi connectivity index (χ1v) is 29.5. The Kier molecular flexibility index (Phi) is 21.6. The van der Waals surface area contributed by atoms with E-state index in [1.807, 2.05) is 36.4 Å². The fourth-order valence-corrected chi connectivity index (χ4v) is 11.6. The highest BCUT2D eigenvalue weighted by atomic mass is 16.3. The topological polar surface area (TPSA) is 127 Å². The van der Waals surface area contributed by atoms with E-state index in [1.165, 1.54) is 13.7 Å². The average molecular weight is 1040 g/mol. The highest BCUT2D eigenvalue weighted by Gasteiger charge is 2.35. The van der Waals surface area contributed by atoms with E-state index in [-0.39, 0.29) is 36.9 Å². The van der Waals surface area contributed by atoms with E-state index in [4.69, 9.17) is 0 Å². The first-order valence-electron chi connectivity index (χ1n) is 29.5. The zero-order valence-electron chi connectivity index (χ0n) is 50.7. The molecule has 0 aliphatic carbocycles. The van der Waals surface area contributed by atoms with Gasteiger partial charge in [-0.05, 0) is 124 Å². The van der Waals surface area contributed by atoms with Gasteiger partial charge >= 0.3 is 17.1 Å². The molecule has 3 N–H and O–H groups in total. The molecule has 9 heteroatoms. The number of nitrogens with zero attached hydrogens (tertiary/aromatic N) is 3. The molecule has 0 spiro atoms. The lowest BCUT2D eigenvalue weighted by atomic mass is 9.73. The first kappa shape index (κ1) is 63.0. The summed E-state index contributed by atoms with van der Waals surface area (Å²) in [6.07, 6.45) is 16.9. The van der Waals surface area contributed by atoms with Crippen LogP contribution >= 0.6 is 0 Å². The Labute approximate surface area is 454 Å². The van der Waals surface area contributed by atoms with Crippen LogP contribution in [0.15, 0.2) is 50.8 Å². The van der Waals surface area contributed by atoms with Gasteiger partial charge in [0.1, 0.15) is 17.2 Å². The molecule has 75 heavy (non-hydrogen) atoms. The summed E-state index contributed by atoms with van der Waals surface area (Å²) in [7, 11) is 0.